The van der Waals surface area contributed by atoms with E-state index >= 15 is 0 Å². The third kappa shape index (κ3) is 2.88. The SMILES string of the molecule is COc1ncccc1S(=O)(=O)NCCO. The maximum atomic E-state index is 11.6. The Morgan fingerprint density at radius 2 is 2.33 bits per heavy atom. The summed E-state index contributed by atoms with van der Waals surface area (Å²) in [7, 11) is -2.32. The number of rotatable bonds is 5. The molecule has 0 amide bonds. The van der Waals surface area contributed by atoms with Crippen molar-refractivity contribution in [3.63, 3.8) is 0 Å². The fourth-order valence-corrected chi connectivity index (χ4v) is 2.13. The molecule has 0 aromatic carbocycles. The lowest BCUT2D eigenvalue weighted by molar-refractivity contribution is 0.300. The van der Waals surface area contributed by atoms with Gasteiger partial charge < -0.3 is 9.84 Å². The number of aliphatic hydroxyl groups excluding tert-OH is 1. The van der Waals surface area contributed by atoms with Crippen LogP contribution in [-0.2, 0) is 10.0 Å². The van der Waals surface area contributed by atoms with E-state index in [1.54, 1.807) is 0 Å². The Kier molecular flexibility index (Phi) is 4.01. The van der Waals surface area contributed by atoms with Gasteiger partial charge in [-0.05, 0) is 12.1 Å². The lowest BCUT2D eigenvalue weighted by atomic mass is 10.5. The number of methoxy groups -OCH3 is 1. The molecule has 0 radical (unpaired) electrons. The smallest absolute Gasteiger partial charge is 0.246 e. The van der Waals surface area contributed by atoms with Crippen LogP contribution >= 0.6 is 0 Å². The first-order valence-corrected chi connectivity index (χ1v) is 5.69. The van der Waals surface area contributed by atoms with Crippen molar-refractivity contribution in [1.82, 2.24) is 9.71 Å². The second-order valence-corrected chi connectivity index (χ2v) is 4.37. The van der Waals surface area contributed by atoms with Gasteiger partial charge in [-0.3, -0.25) is 0 Å². The molecule has 0 atom stereocenters. The number of aromatic nitrogens is 1. The van der Waals surface area contributed by atoms with Crippen LogP contribution in [0.25, 0.3) is 0 Å². The van der Waals surface area contributed by atoms with Crippen LogP contribution in [0, 0.1) is 0 Å². The molecule has 0 aliphatic rings. The molecule has 84 valence electrons. The highest BCUT2D eigenvalue weighted by molar-refractivity contribution is 7.89. The molecule has 7 heteroatoms. The summed E-state index contributed by atoms with van der Waals surface area (Å²) in [5.74, 6) is 0.0305. The lowest BCUT2D eigenvalue weighted by Crippen LogP contribution is -2.27. The number of aliphatic hydroxyl groups is 1. The van der Waals surface area contributed by atoms with Gasteiger partial charge in [-0.1, -0.05) is 0 Å². The molecule has 1 aromatic heterocycles. The highest BCUT2D eigenvalue weighted by Crippen LogP contribution is 2.18. The summed E-state index contributed by atoms with van der Waals surface area (Å²) in [6, 6.07) is 2.88. The van der Waals surface area contributed by atoms with Crippen molar-refractivity contribution < 1.29 is 18.3 Å². The predicted octanol–water partition coefficient (Wildman–Crippen LogP) is -0.639. The van der Waals surface area contributed by atoms with Crippen molar-refractivity contribution in [3.05, 3.63) is 18.3 Å². The van der Waals surface area contributed by atoms with Gasteiger partial charge in [0.05, 0.1) is 13.7 Å². The predicted molar refractivity (Wildman–Crippen MR) is 53.1 cm³/mol. The topological polar surface area (TPSA) is 88.5 Å². The number of nitrogens with one attached hydrogen (secondary N) is 1. The van der Waals surface area contributed by atoms with Crippen molar-refractivity contribution in [3.8, 4) is 5.88 Å². The molecule has 0 saturated heterocycles. The number of sulfonamides is 1. The van der Waals surface area contributed by atoms with Gasteiger partial charge in [-0.25, -0.2) is 18.1 Å². The average molecular weight is 232 g/mol. The molecule has 0 aliphatic heterocycles. The zero-order chi connectivity index (χ0) is 11.3. The van der Waals surface area contributed by atoms with Gasteiger partial charge in [-0.15, -0.1) is 0 Å². The van der Waals surface area contributed by atoms with E-state index in [1.807, 2.05) is 0 Å². The summed E-state index contributed by atoms with van der Waals surface area (Å²) >= 11 is 0. The summed E-state index contributed by atoms with van der Waals surface area (Å²) in [6.07, 6.45) is 1.43. The molecular weight excluding hydrogens is 220 g/mol. The molecule has 15 heavy (non-hydrogen) atoms. The Bertz CT molecular complexity index is 418. The number of nitrogens with zero attached hydrogens (tertiary/aromatic N) is 1. The van der Waals surface area contributed by atoms with Crippen LogP contribution in [0.3, 0.4) is 0 Å². The van der Waals surface area contributed by atoms with Crippen molar-refractivity contribution in [1.29, 1.82) is 0 Å². The quantitative estimate of drug-likeness (QED) is 0.705. The van der Waals surface area contributed by atoms with Gasteiger partial charge in [0.15, 0.2) is 0 Å². The van der Waals surface area contributed by atoms with E-state index in [-0.39, 0.29) is 23.9 Å². The summed E-state index contributed by atoms with van der Waals surface area (Å²) in [4.78, 5) is 3.73. The Balaban J connectivity index is 3.04. The second-order valence-electron chi connectivity index (χ2n) is 2.63. The normalized spacial score (nSPS) is 11.3. The molecule has 0 spiro atoms. The van der Waals surface area contributed by atoms with E-state index in [2.05, 4.69) is 9.71 Å². The molecule has 1 aromatic rings. The maximum absolute atomic E-state index is 11.6. The molecule has 0 bridgehead atoms. The first-order chi connectivity index (χ1) is 7.11. The zero-order valence-electron chi connectivity index (χ0n) is 8.17. The average Bonchev–Trinajstić information content (AvgIpc) is 2.26. The van der Waals surface area contributed by atoms with Crippen molar-refractivity contribution in [2.24, 2.45) is 0 Å². The standard InChI is InChI=1S/C8H12N2O4S/c1-14-8-7(3-2-4-9-8)15(12,13)10-5-6-11/h2-4,10-11H,5-6H2,1H3. The number of hydrogen-bond donors (Lipinski definition) is 2. The van der Waals surface area contributed by atoms with E-state index in [0.29, 0.717) is 0 Å². The first kappa shape index (κ1) is 11.9. The van der Waals surface area contributed by atoms with Gasteiger partial charge in [0, 0.05) is 12.7 Å². The van der Waals surface area contributed by atoms with Crippen LogP contribution in [0.15, 0.2) is 23.2 Å². The molecule has 0 saturated carbocycles. The molecule has 2 N–H and O–H groups in total. The summed E-state index contributed by atoms with van der Waals surface area (Å²) < 4.78 is 30.3. The van der Waals surface area contributed by atoms with E-state index in [9.17, 15) is 8.42 Å². The third-order valence-corrected chi connectivity index (χ3v) is 3.10. The van der Waals surface area contributed by atoms with E-state index < -0.39 is 10.0 Å². The summed E-state index contributed by atoms with van der Waals surface area (Å²) in [5, 5.41) is 8.53. The number of ether oxygens (including phenoxy) is 1. The summed E-state index contributed by atoms with van der Waals surface area (Å²) in [6.45, 7) is -0.303. The van der Waals surface area contributed by atoms with Gasteiger partial charge in [0.25, 0.3) is 0 Å². The Hall–Kier alpha value is -1.18. The molecule has 0 aliphatic carbocycles. The molecule has 1 rings (SSSR count). The van der Waals surface area contributed by atoms with Crippen LogP contribution in [0.2, 0.25) is 0 Å². The van der Waals surface area contributed by atoms with Gasteiger partial charge in [0.1, 0.15) is 4.90 Å². The minimum atomic E-state index is -3.66. The van der Waals surface area contributed by atoms with Gasteiger partial charge in [0.2, 0.25) is 15.9 Å². The fourth-order valence-electron chi connectivity index (χ4n) is 0.992. The highest BCUT2D eigenvalue weighted by Gasteiger charge is 2.18. The molecule has 0 fully saturated rings. The molecule has 0 unspecified atom stereocenters. The lowest BCUT2D eigenvalue weighted by Gasteiger charge is -2.08. The largest absolute Gasteiger partial charge is 0.480 e. The Labute approximate surface area is 88.0 Å². The van der Waals surface area contributed by atoms with E-state index in [4.69, 9.17) is 9.84 Å². The van der Waals surface area contributed by atoms with Crippen LogP contribution in [0.1, 0.15) is 0 Å². The molecule has 6 nitrogen and oxygen atoms in total. The second kappa shape index (κ2) is 5.06. The van der Waals surface area contributed by atoms with Gasteiger partial charge in [-0.2, -0.15) is 0 Å². The van der Waals surface area contributed by atoms with Crippen LogP contribution in [-0.4, -0.2) is 38.8 Å². The minimum absolute atomic E-state index is 0.0305. The number of pyridine rings is 1. The minimum Gasteiger partial charge on any atom is -0.480 e. The monoisotopic (exact) mass is 232 g/mol. The molecular formula is C8H12N2O4S. The van der Waals surface area contributed by atoms with E-state index in [1.165, 1.54) is 25.4 Å². The maximum Gasteiger partial charge on any atom is 0.246 e. The first-order valence-electron chi connectivity index (χ1n) is 4.21. The van der Waals surface area contributed by atoms with E-state index in [0.717, 1.165) is 0 Å². The van der Waals surface area contributed by atoms with Crippen LogP contribution < -0.4 is 9.46 Å². The zero-order valence-corrected chi connectivity index (χ0v) is 8.99. The Morgan fingerprint density at radius 1 is 1.60 bits per heavy atom. The molecule has 1 heterocycles. The van der Waals surface area contributed by atoms with Crippen molar-refractivity contribution in [2.45, 2.75) is 4.90 Å². The fraction of sp³-hybridized carbons (Fsp3) is 0.375. The number of hydrogen-bond acceptors (Lipinski definition) is 5. The summed E-state index contributed by atoms with van der Waals surface area (Å²) in [5.41, 5.74) is 0. The van der Waals surface area contributed by atoms with Crippen molar-refractivity contribution in [2.75, 3.05) is 20.3 Å². The van der Waals surface area contributed by atoms with Gasteiger partial charge >= 0.3 is 0 Å². The van der Waals surface area contributed by atoms with Crippen LogP contribution in [0.4, 0.5) is 0 Å². The van der Waals surface area contributed by atoms with Crippen molar-refractivity contribution >= 4 is 10.0 Å². The third-order valence-electron chi connectivity index (χ3n) is 1.62. The highest BCUT2D eigenvalue weighted by atomic mass is 32.2. The van der Waals surface area contributed by atoms with Crippen LogP contribution in [0.5, 0.6) is 5.88 Å². The Morgan fingerprint density at radius 3 is 2.93 bits per heavy atom.